The largest absolute Gasteiger partial charge is 0.497 e. The molecule has 1 atom stereocenters. The zero-order valence-electron chi connectivity index (χ0n) is 19.4. The number of hydrogen-bond donors (Lipinski definition) is 1. The number of methoxy groups -OCH3 is 1. The standard InChI is InChI=1S/C26H33FN2O4/c1-3-24(26(31)28-21-9-5-4-6-10-21)29(17-19-8-7-11-23(16-19)32-2)25(30)18-33-22-14-12-20(27)13-15-22/h7-8,11-16,21,24H,3-6,9-10,17-18H2,1-2H3,(H,28,31)/t24-/m0/s1. The summed E-state index contributed by atoms with van der Waals surface area (Å²) in [6.07, 6.45) is 5.84. The van der Waals surface area contributed by atoms with E-state index in [1.807, 2.05) is 31.2 Å². The predicted octanol–water partition coefficient (Wildman–Crippen LogP) is 4.47. The van der Waals surface area contributed by atoms with Crippen molar-refractivity contribution in [3.63, 3.8) is 0 Å². The number of benzene rings is 2. The normalized spacial score (nSPS) is 14.9. The molecule has 0 aromatic heterocycles. The van der Waals surface area contributed by atoms with E-state index < -0.39 is 6.04 Å². The van der Waals surface area contributed by atoms with Crippen LogP contribution in [0.1, 0.15) is 51.0 Å². The lowest BCUT2D eigenvalue weighted by Gasteiger charge is -2.32. The van der Waals surface area contributed by atoms with E-state index in [0.717, 1.165) is 31.2 Å². The second-order valence-electron chi connectivity index (χ2n) is 8.38. The van der Waals surface area contributed by atoms with E-state index in [9.17, 15) is 14.0 Å². The highest BCUT2D eigenvalue weighted by molar-refractivity contribution is 5.88. The van der Waals surface area contributed by atoms with Crippen molar-refractivity contribution in [3.8, 4) is 11.5 Å². The molecule has 0 unspecified atom stereocenters. The Balaban J connectivity index is 1.76. The smallest absolute Gasteiger partial charge is 0.261 e. The number of carbonyl (C=O) groups is 2. The Morgan fingerprint density at radius 1 is 1.09 bits per heavy atom. The quantitative estimate of drug-likeness (QED) is 0.573. The molecular formula is C26H33FN2O4. The molecule has 0 heterocycles. The second kappa shape index (κ2) is 12.2. The van der Waals surface area contributed by atoms with Crippen LogP contribution in [0.4, 0.5) is 4.39 Å². The Hall–Kier alpha value is -3.09. The lowest BCUT2D eigenvalue weighted by atomic mass is 9.95. The Labute approximate surface area is 195 Å². The topological polar surface area (TPSA) is 67.9 Å². The average molecular weight is 457 g/mol. The number of nitrogens with zero attached hydrogens (tertiary/aromatic N) is 1. The molecule has 0 radical (unpaired) electrons. The van der Waals surface area contributed by atoms with Gasteiger partial charge in [0, 0.05) is 12.6 Å². The van der Waals surface area contributed by atoms with Crippen LogP contribution in [0.15, 0.2) is 48.5 Å². The van der Waals surface area contributed by atoms with Crippen LogP contribution in [0.3, 0.4) is 0 Å². The van der Waals surface area contributed by atoms with Gasteiger partial charge in [0.1, 0.15) is 23.4 Å². The van der Waals surface area contributed by atoms with E-state index in [1.165, 1.54) is 30.7 Å². The van der Waals surface area contributed by atoms with E-state index in [2.05, 4.69) is 5.32 Å². The molecule has 0 spiro atoms. The number of rotatable bonds is 10. The van der Waals surface area contributed by atoms with Crippen molar-refractivity contribution in [2.24, 2.45) is 0 Å². The fourth-order valence-electron chi connectivity index (χ4n) is 4.19. The van der Waals surface area contributed by atoms with Gasteiger partial charge in [0.15, 0.2) is 6.61 Å². The van der Waals surface area contributed by atoms with Crippen molar-refractivity contribution >= 4 is 11.8 Å². The van der Waals surface area contributed by atoms with Crippen LogP contribution < -0.4 is 14.8 Å². The zero-order chi connectivity index (χ0) is 23.6. The first-order chi connectivity index (χ1) is 16.0. The zero-order valence-corrected chi connectivity index (χ0v) is 19.4. The summed E-state index contributed by atoms with van der Waals surface area (Å²) < 4.78 is 24.1. The van der Waals surface area contributed by atoms with Crippen LogP contribution in [0.25, 0.3) is 0 Å². The number of hydrogen-bond acceptors (Lipinski definition) is 4. The number of amides is 2. The van der Waals surface area contributed by atoms with E-state index >= 15 is 0 Å². The van der Waals surface area contributed by atoms with Gasteiger partial charge in [0.2, 0.25) is 5.91 Å². The molecule has 3 rings (SSSR count). The van der Waals surface area contributed by atoms with Gasteiger partial charge in [-0.1, -0.05) is 38.3 Å². The van der Waals surface area contributed by atoms with Gasteiger partial charge < -0.3 is 19.7 Å². The predicted molar refractivity (Wildman–Crippen MR) is 125 cm³/mol. The molecule has 2 amide bonds. The Bertz CT molecular complexity index is 913. The van der Waals surface area contributed by atoms with Crippen molar-refractivity contribution < 1.29 is 23.5 Å². The minimum atomic E-state index is -0.623. The van der Waals surface area contributed by atoms with E-state index in [-0.39, 0.29) is 36.8 Å². The van der Waals surface area contributed by atoms with Gasteiger partial charge in [-0.15, -0.1) is 0 Å². The first kappa shape index (κ1) is 24.6. The summed E-state index contributed by atoms with van der Waals surface area (Å²) in [7, 11) is 1.59. The number of halogens is 1. The van der Waals surface area contributed by atoms with E-state index in [1.54, 1.807) is 12.0 Å². The van der Waals surface area contributed by atoms with Gasteiger partial charge in [-0.3, -0.25) is 9.59 Å². The van der Waals surface area contributed by atoms with Crippen molar-refractivity contribution in [2.45, 2.75) is 64.1 Å². The molecule has 178 valence electrons. The van der Waals surface area contributed by atoms with Crippen molar-refractivity contribution in [1.29, 1.82) is 0 Å². The van der Waals surface area contributed by atoms with Gasteiger partial charge in [0.25, 0.3) is 5.91 Å². The maximum absolute atomic E-state index is 13.3. The summed E-state index contributed by atoms with van der Waals surface area (Å²) in [5.41, 5.74) is 0.855. The Morgan fingerprint density at radius 3 is 2.48 bits per heavy atom. The second-order valence-corrected chi connectivity index (χ2v) is 8.38. The van der Waals surface area contributed by atoms with Crippen molar-refractivity contribution in [3.05, 3.63) is 59.9 Å². The molecule has 1 aliphatic carbocycles. The summed E-state index contributed by atoms with van der Waals surface area (Å²) >= 11 is 0. The molecule has 2 aromatic carbocycles. The molecule has 33 heavy (non-hydrogen) atoms. The fourth-order valence-corrected chi connectivity index (χ4v) is 4.19. The monoisotopic (exact) mass is 456 g/mol. The van der Waals surface area contributed by atoms with E-state index in [4.69, 9.17) is 9.47 Å². The SMILES string of the molecule is CC[C@@H](C(=O)NC1CCCCC1)N(Cc1cccc(OC)c1)C(=O)COc1ccc(F)cc1. The third kappa shape index (κ3) is 7.20. The molecule has 1 N–H and O–H groups in total. The van der Waals surface area contributed by atoms with Crippen LogP contribution in [0, 0.1) is 5.82 Å². The fraction of sp³-hybridized carbons (Fsp3) is 0.462. The number of ether oxygens (including phenoxy) is 2. The third-order valence-corrected chi connectivity index (χ3v) is 6.00. The van der Waals surface area contributed by atoms with Gasteiger partial charge in [-0.25, -0.2) is 4.39 Å². The average Bonchev–Trinajstić information content (AvgIpc) is 2.84. The first-order valence-corrected chi connectivity index (χ1v) is 11.6. The van der Waals surface area contributed by atoms with Gasteiger partial charge in [0.05, 0.1) is 7.11 Å². The molecular weight excluding hydrogens is 423 g/mol. The number of nitrogens with one attached hydrogen (secondary N) is 1. The van der Waals surface area contributed by atoms with Gasteiger partial charge >= 0.3 is 0 Å². The minimum Gasteiger partial charge on any atom is -0.497 e. The molecule has 0 bridgehead atoms. The van der Waals surface area contributed by atoms with Crippen LogP contribution in [0.2, 0.25) is 0 Å². The molecule has 1 saturated carbocycles. The minimum absolute atomic E-state index is 0.137. The highest BCUT2D eigenvalue weighted by Crippen LogP contribution is 2.20. The summed E-state index contributed by atoms with van der Waals surface area (Å²) in [6, 6.07) is 12.5. The highest BCUT2D eigenvalue weighted by Gasteiger charge is 2.30. The van der Waals surface area contributed by atoms with E-state index in [0.29, 0.717) is 17.9 Å². The van der Waals surface area contributed by atoms with Crippen molar-refractivity contribution in [1.82, 2.24) is 10.2 Å². The van der Waals surface area contributed by atoms with Crippen molar-refractivity contribution in [2.75, 3.05) is 13.7 Å². The lowest BCUT2D eigenvalue weighted by Crippen LogP contribution is -2.52. The number of carbonyl (C=O) groups excluding carboxylic acids is 2. The summed E-state index contributed by atoms with van der Waals surface area (Å²) in [6.45, 7) is 1.90. The molecule has 7 heteroatoms. The Kier molecular flexibility index (Phi) is 9.10. The molecule has 6 nitrogen and oxygen atoms in total. The maximum atomic E-state index is 13.3. The molecule has 1 aliphatic rings. The van der Waals surface area contributed by atoms with Crippen LogP contribution in [-0.4, -0.2) is 42.5 Å². The van der Waals surface area contributed by atoms with Crippen LogP contribution in [-0.2, 0) is 16.1 Å². The summed E-state index contributed by atoms with van der Waals surface area (Å²) in [4.78, 5) is 28.0. The van der Waals surface area contributed by atoms with Crippen LogP contribution >= 0.6 is 0 Å². The summed E-state index contributed by atoms with van der Waals surface area (Å²) in [5.74, 6) is 0.252. The van der Waals surface area contributed by atoms with Gasteiger partial charge in [-0.2, -0.15) is 0 Å². The lowest BCUT2D eigenvalue weighted by molar-refractivity contribution is -0.143. The van der Waals surface area contributed by atoms with Crippen LogP contribution in [0.5, 0.6) is 11.5 Å². The molecule has 2 aromatic rings. The van der Waals surface area contributed by atoms with Gasteiger partial charge in [-0.05, 0) is 61.2 Å². The molecule has 0 saturated heterocycles. The molecule has 1 fully saturated rings. The highest BCUT2D eigenvalue weighted by atomic mass is 19.1. The summed E-state index contributed by atoms with van der Waals surface area (Å²) in [5, 5.41) is 3.15. The first-order valence-electron chi connectivity index (χ1n) is 11.6. The third-order valence-electron chi connectivity index (χ3n) is 6.00. The maximum Gasteiger partial charge on any atom is 0.261 e. The molecule has 0 aliphatic heterocycles. The Morgan fingerprint density at radius 2 is 1.82 bits per heavy atom.